The summed E-state index contributed by atoms with van der Waals surface area (Å²) >= 11 is 0. The van der Waals surface area contributed by atoms with Crippen molar-refractivity contribution in [2.45, 2.75) is 51.6 Å². The van der Waals surface area contributed by atoms with Gasteiger partial charge >= 0.3 is 0 Å². The highest BCUT2D eigenvalue weighted by Gasteiger charge is 2.49. The third-order valence-corrected chi connectivity index (χ3v) is 7.04. The summed E-state index contributed by atoms with van der Waals surface area (Å²) in [5.41, 5.74) is 2.03. The average molecular weight is 365 g/mol. The number of rotatable bonds is 5. The van der Waals surface area contributed by atoms with E-state index < -0.39 is 9.84 Å². The number of anilines is 1. The minimum Gasteiger partial charge on any atom is -0.306 e. The molecule has 0 radical (unpaired) electrons. The topological polar surface area (TPSA) is 57.7 Å². The van der Waals surface area contributed by atoms with Gasteiger partial charge in [0, 0.05) is 11.7 Å². The molecular weight excluding hydrogens is 336 g/mol. The molecule has 5 nitrogen and oxygen atoms in total. The molecule has 2 heterocycles. The van der Waals surface area contributed by atoms with Crippen LogP contribution < -0.4 is 4.90 Å². The molecule has 2 aliphatic heterocycles. The Morgan fingerprint density at radius 2 is 1.76 bits per heavy atom. The molecular formula is C19H28N2O3S. The number of piperazine rings is 1. The number of hydrogen-bond donors (Lipinski definition) is 0. The zero-order chi connectivity index (χ0) is 18.2. The minimum absolute atomic E-state index is 0.00625. The Balaban J connectivity index is 1.90. The molecule has 1 aromatic rings. The Morgan fingerprint density at radius 1 is 1.12 bits per heavy atom. The first-order valence-electron chi connectivity index (χ1n) is 9.19. The van der Waals surface area contributed by atoms with Crippen LogP contribution in [0.2, 0.25) is 0 Å². The Morgan fingerprint density at radius 3 is 2.36 bits per heavy atom. The molecule has 138 valence electrons. The number of carbonyl (C=O) groups excluding carboxylic acids is 1. The largest absolute Gasteiger partial charge is 0.306 e. The number of sulfone groups is 1. The van der Waals surface area contributed by atoms with E-state index in [1.807, 2.05) is 24.3 Å². The van der Waals surface area contributed by atoms with Crippen LogP contribution in [0.25, 0.3) is 0 Å². The normalized spacial score (nSPS) is 26.2. The van der Waals surface area contributed by atoms with Gasteiger partial charge in [0.25, 0.3) is 0 Å². The van der Waals surface area contributed by atoms with Crippen molar-refractivity contribution in [3.63, 3.8) is 0 Å². The van der Waals surface area contributed by atoms with Gasteiger partial charge < -0.3 is 4.90 Å². The van der Waals surface area contributed by atoms with Gasteiger partial charge in [-0.05, 0) is 36.6 Å². The van der Waals surface area contributed by atoms with Crippen molar-refractivity contribution in [3.05, 3.63) is 29.8 Å². The molecule has 2 saturated heterocycles. The quantitative estimate of drug-likeness (QED) is 0.805. The number of nitrogens with zero attached hydrogens (tertiary/aromatic N) is 2. The molecule has 1 aromatic carbocycles. The SMILES string of the molecule is CCCCN1CC(=O)N(c2ccc(C(C)C)cc2)[C@@H]2CS(=O)(=O)C[C@@H]21. The fourth-order valence-electron chi connectivity index (χ4n) is 3.92. The van der Waals surface area contributed by atoms with Crippen molar-refractivity contribution >= 4 is 21.4 Å². The number of amides is 1. The summed E-state index contributed by atoms with van der Waals surface area (Å²) in [4.78, 5) is 16.7. The van der Waals surface area contributed by atoms with Gasteiger partial charge in [-0.3, -0.25) is 9.69 Å². The molecule has 25 heavy (non-hydrogen) atoms. The van der Waals surface area contributed by atoms with E-state index in [2.05, 4.69) is 25.7 Å². The van der Waals surface area contributed by atoms with E-state index in [0.717, 1.165) is 25.1 Å². The van der Waals surface area contributed by atoms with Crippen molar-refractivity contribution in [2.24, 2.45) is 0 Å². The maximum absolute atomic E-state index is 12.8. The number of benzene rings is 1. The van der Waals surface area contributed by atoms with Crippen LogP contribution >= 0.6 is 0 Å². The van der Waals surface area contributed by atoms with Gasteiger partial charge in [0.15, 0.2) is 9.84 Å². The lowest BCUT2D eigenvalue weighted by molar-refractivity contribution is -0.123. The third kappa shape index (κ3) is 3.75. The lowest BCUT2D eigenvalue weighted by atomic mass is 10.00. The Labute approximate surface area is 150 Å². The van der Waals surface area contributed by atoms with E-state index in [4.69, 9.17) is 0 Å². The summed E-state index contributed by atoms with van der Waals surface area (Å²) < 4.78 is 24.6. The van der Waals surface area contributed by atoms with Crippen molar-refractivity contribution < 1.29 is 13.2 Å². The van der Waals surface area contributed by atoms with Crippen LogP contribution in [0, 0.1) is 0 Å². The first-order chi connectivity index (χ1) is 11.8. The fraction of sp³-hybridized carbons (Fsp3) is 0.632. The molecule has 2 aliphatic rings. The highest BCUT2D eigenvalue weighted by molar-refractivity contribution is 7.91. The molecule has 2 atom stereocenters. The standard InChI is InChI=1S/C19H28N2O3S/c1-4-5-10-20-11-19(22)21(18-13-25(23,24)12-17(18)20)16-8-6-15(7-9-16)14(2)3/h6-9,14,17-18H,4-5,10-13H2,1-3H3/t17-,18+/m0/s1. The molecule has 0 N–H and O–H groups in total. The predicted octanol–water partition coefficient (Wildman–Crippen LogP) is 2.42. The van der Waals surface area contributed by atoms with Gasteiger partial charge in [-0.1, -0.05) is 39.3 Å². The summed E-state index contributed by atoms with van der Waals surface area (Å²) in [7, 11) is -3.11. The minimum atomic E-state index is -3.11. The Hall–Kier alpha value is -1.40. The highest BCUT2D eigenvalue weighted by atomic mass is 32.2. The molecule has 0 bridgehead atoms. The third-order valence-electron chi connectivity index (χ3n) is 5.34. The molecule has 0 saturated carbocycles. The number of hydrogen-bond acceptors (Lipinski definition) is 4. The molecule has 0 spiro atoms. The second-order valence-electron chi connectivity index (χ2n) is 7.55. The van der Waals surface area contributed by atoms with Crippen LogP contribution in [0.3, 0.4) is 0 Å². The first-order valence-corrected chi connectivity index (χ1v) is 11.0. The second-order valence-corrected chi connectivity index (χ2v) is 9.70. The van der Waals surface area contributed by atoms with Gasteiger partial charge in [0.2, 0.25) is 5.91 Å². The zero-order valence-electron chi connectivity index (χ0n) is 15.3. The summed E-state index contributed by atoms with van der Waals surface area (Å²) in [5.74, 6) is 0.662. The van der Waals surface area contributed by atoms with E-state index in [1.165, 1.54) is 5.56 Å². The summed E-state index contributed by atoms with van der Waals surface area (Å²) in [6.45, 7) is 7.47. The summed E-state index contributed by atoms with van der Waals surface area (Å²) in [6.07, 6.45) is 2.02. The molecule has 0 aliphatic carbocycles. The van der Waals surface area contributed by atoms with Crippen LogP contribution in [0.1, 0.15) is 45.1 Å². The molecule has 1 amide bonds. The van der Waals surface area contributed by atoms with Gasteiger partial charge in [-0.15, -0.1) is 0 Å². The van der Waals surface area contributed by atoms with Crippen LogP contribution in [-0.2, 0) is 14.6 Å². The van der Waals surface area contributed by atoms with Crippen LogP contribution in [0.5, 0.6) is 0 Å². The Kier molecular flexibility index (Phi) is 5.21. The molecule has 2 fully saturated rings. The number of carbonyl (C=O) groups is 1. The van der Waals surface area contributed by atoms with Gasteiger partial charge in [-0.25, -0.2) is 8.42 Å². The van der Waals surface area contributed by atoms with E-state index >= 15 is 0 Å². The van der Waals surface area contributed by atoms with E-state index in [-0.39, 0.29) is 29.5 Å². The van der Waals surface area contributed by atoms with Crippen molar-refractivity contribution in [2.75, 3.05) is 29.5 Å². The number of unbranched alkanes of at least 4 members (excludes halogenated alkanes) is 1. The average Bonchev–Trinajstić information content (AvgIpc) is 2.87. The van der Waals surface area contributed by atoms with Gasteiger partial charge in [0.1, 0.15) is 0 Å². The lowest BCUT2D eigenvalue weighted by Crippen LogP contribution is -2.62. The van der Waals surface area contributed by atoms with E-state index in [9.17, 15) is 13.2 Å². The molecule has 6 heteroatoms. The number of fused-ring (bicyclic) bond motifs is 1. The summed E-state index contributed by atoms with van der Waals surface area (Å²) in [6, 6.07) is 7.63. The smallest absolute Gasteiger partial charge is 0.241 e. The van der Waals surface area contributed by atoms with Crippen molar-refractivity contribution in [3.8, 4) is 0 Å². The maximum Gasteiger partial charge on any atom is 0.241 e. The highest BCUT2D eigenvalue weighted by Crippen LogP contribution is 2.32. The fourth-order valence-corrected chi connectivity index (χ4v) is 5.90. The Bertz CT molecular complexity index is 728. The van der Waals surface area contributed by atoms with Crippen LogP contribution in [0.4, 0.5) is 5.69 Å². The predicted molar refractivity (Wildman–Crippen MR) is 101 cm³/mol. The zero-order valence-corrected chi connectivity index (χ0v) is 16.1. The van der Waals surface area contributed by atoms with Crippen LogP contribution in [-0.4, -0.2) is 55.9 Å². The first kappa shape index (κ1) is 18.4. The lowest BCUT2D eigenvalue weighted by Gasteiger charge is -2.43. The molecule has 0 aromatic heterocycles. The van der Waals surface area contributed by atoms with Crippen LogP contribution in [0.15, 0.2) is 24.3 Å². The second kappa shape index (κ2) is 7.08. The maximum atomic E-state index is 12.8. The van der Waals surface area contributed by atoms with Crippen molar-refractivity contribution in [1.29, 1.82) is 0 Å². The molecule has 0 unspecified atom stereocenters. The van der Waals surface area contributed by atoms with E-state index in [1.54, 1.807) is 4.90 Å². The van der Waals surface area contributed by atoms with Gasteiger partial charge in [0.05, 0.1) is 24.1 Å². The molecule has 3 rings (SSSR count). The van der Waals surface area contributed by atoms with Gasteiger partial charge in [-0.2, -0.15) is 0 Å². The monoisotopic (exact) mass is 364 g/mol. The summed E-state index contributed by atoms with van der Waals surface area (Å²) in [5, 5.41) is 0. The van der Waals surface area contributed by atoms with E-state index in [0.29, 0.717) is 12.5 Å². The van der Waals surface area contributed by atoms with Crippen molar-refractivity contribution in [1.82, 2.24) is 4.90 Å².